The Bertz CT molecular complexity index is 838. The second-order valence-corrected chi connectivity index (χ2v) is 5.24. The number of ketones is 1. The first-order valence-corrected chi connectivity index (χ1v) is 7.40. The number of nitrogens with zero attached hydrogens (tertiary/aromatic N) is 1. The Morgan fingerprint density at radius 3 is 2.61 bits per heavy atom. The Morgan fingerprint density at radius 1 is 1.04 bits per heavy atom. The van der Waals surface area contributed by atoms with Crippen molar-refractivity contribution >= 4 is 11.9 Å². The minimum absolute atomic E-state index is 0.0220. The van der Waals surface area contributed by atoms with Crippen LogP contribution in [-0.2, 0) is 0 Å². The maximum atomic E-state index is 12.3. The van der Waals surface area contributed by atoms with Crippen molar-refractivity contribution in [3.05, 3.63) is 96.2 Å². The molecule has 2 heterocycles. The molecule has 0 aliphatic rings. The summed E-state index contributed by atoms with van der Waals surface area (Å²) in [5, 5.41) is 0. The highest BCUT2D eigenvalue weighted by molar-refractivity contribution is 6.05. The lowest BCUT2D eigenvalue weighted by atomic mass is 10.1. The molecule has 1 aromatic carbocycles. The van der Waals surface area contributed by atoms with Gasteiger partial charge in [-0.1, -0.05) is 18.2 Å². The molecule has 0 spiro atoms. The summed E-state index contributed by atoms with van der Waals surface area (Å²) < 4.78 is 7.23. The van der Waals surface area contributed by atoms with E-state index in [0.717, 1.165) is 17.0 Å². The van der Waals surface area contributed by atoms with Crippen molar-refractivity contribution in [3.63, 3.8) is 0 Å². The Hall–Kier alpha value is -3.07. The molecule has 0 saturated carbocycles. The largest absolute Gasteiger partial charge is 0.465 e. The monoisotopic (exact) mass is 303 g/mol. The van der Waals surface area contributed by atoms with Crippen molar-refractivity contribution < 1.29 is 9.21 Å². The van der Waals surface area contributed by atoms with Gasteiger partial charge in [0.15, 0.2) is 5.78 Å². The molecule has 0 unspecified atom stereocenters. The summed E-state index contributed by atoms with van der Waals surface area (Å²) in [5.41, 5.74) is 2.59. The molecule has 0 radical (unpaired) electrons. The van der Waals surface area contributed by atoms with Gasteiger partial charge < -0.3 is 8.98 Å². The van der Waals surface area contributed by atoms with E-state index in [1.807, 2.05) is 78.5 Å². The van der Waals surface area contributed by atoms with Gasteiger partial charge in [0, 0.05) is 23.6 Å². The van der Waals surface area contributed by atoms with Crippen LogP contribution in [0.4, 0.5) is 0 Å². The van der Waals surface area contributed by atoms with E-state index in [2.05, 4.69) is 0 Å². The van der Waals surface area contributed by atoms with Gasteiger partial charge in [0.2, 0.25) is 0 Å². The molecule has 3 heteroatoms. The molecule has 0 saturated heterocycles. The molecule has 3 aromatic rings. The highest BCUT2D eigenvalue weighted by Crippen LogP contribution is 2.13. The van der Waals surface area contributed by atoms with E-state index in [-0.39, 0.29) is 5.78 Å². The molecule has 23 heavy (non-hydrogen) atoms. The van der Waals surface area contributed by atoms with Gasteiger partial charge in [-0.05, 0) is 61.0 Å². The van der Waals surface area contributed by atoms with Crippen molar-refractivity contribution in [2.24, 2.45) is 0 Å². The summed E-state index contributed by atoms with van der Waals surface area (Å²) in [6.07, 6.45) is 10.8. The Balaban J connectivity index is 1.76. The van der Waals surface area contributed by atoms with Crippen LogP contribution in [0.25, 0.3) is 11.8 Å². The number of benzene rings is 1. The molecule has 0 amide bonds. The van der Waals surface area contributed by atoms with Crippen LogP contribution >= 0.6 is 0 Å². The maximum Gasteiger partial charge on any atom is 0.185 e. The molecule has 0 N–H and O–H groups in total. The minimum atomic E-state index is -0.0220. The van der Waals surface area contributed by atoms with Crippen molar-refractivity contribution in [2.45, 2.75) is 6.92 Å². The lowest BCUT2D eigenvalue weighted by Crippen LogP contribution is -1.97. The molecule has 114 valence electrons. The third-order valence-corrected chi connectivity index (χ3v) is 3.44. The molecule has 0 aliphatic heterocycles. The Kier molecular flexibility index (Phi) is 4.39. The zero-order chi connectivity index (χ0) is 16.1. The molecule has 3 nitrogen and oxygen atoms in total. The average molecular weight is 303 g/mol. The third kappa shape index (κ3) is 3.77. The molecule has 0 fully saturated rings. The second-order valence-electron chi connectivity index (χ2n) is 5.24. The summed E-state index contributed by atoms with van der Waals surface area (Å²) in [7, 11) is 0. The summed E-state index contributed by atoms with van der Waals surface area (Å²) in [5.74, 6) is 0.750. The lowest BCUT2D eigenvalue weighted by Gasteiger charge is -2.04. The van der Waals surface area contributed by atoms with Crippen molar-refractivity contribution in [1.29, 1.82) is 0 Å². The number of hydrogen-bond donors (Lipinski definition) is 0. The van der Waals surface area contributed by atoms with E-state index in [4.69, 9.17) is 4.42 Å². The van der Waals surface area contributed by atoms with E-state index >= 15 is 0 Å². The quantitative estimate of drug-likeness (QED) is 0.381. The molecule has 0 bridgehead atoms. The van der Waals surface area contributed by atoms with Gasteiger partial charge in [-0.25, -0.2) is 0 Å². The summed E-state index contributed by atoms with van der Waals surface area (Å²) in [4.78, 5) is 12.3. The smallest absolute Gasteiger partial charge is 0.185 e. The van der Waals surface area contributed by atoms with Gasteiger partial charge in [0.25, 0.3) is 0 Å². The van der Waals surface area contributed by atoms with Crippen LogP contribution < -0.4 is 0 Å². The number of furan rings is 1. The fourth-order valence-corrected chi connectivity index (χ4v) is 2.28. The predicted molar refractivity (Wildman–Crippen MR) is 91.6 cm³/mol. The number of allylic oxidation sites excluding steroid dienone is 3. The number of aromatic nitrogens is 1. The first-order chi connectivity index (χ1) is 11.2. The fraction of sp³-hybridized carbons (Fsp3) is 0.0500. The Morgan fingerprint density at radius 2 is 1.87 bits per heavy atom. The average Bonchev–Trinajstić information content (AvgIpc) is 3.26. The maximum absolute atomic E-state index is 12.3. The summed E-state index contributed by atoms with van der Waals surface area (Å²) in [6.45, 7) is 1.93. The van der Waals surface area contributed by atoms with E-state index in [0.29, 0.717) is 5.56 Å². The first-order valence-electron chi connectivity index (χ1n) is 7.40. The second kappa shape index (κ2) is 6.79. The first kappa shape index (κ1) is 14.9. The third-order valence-electron chi connectivity index (χ3n) is 3.44. The molecule has 0 atom stereocenters. The highest BCUT2D eigenvalue weighted by atomic mass is 16.3. The highest BCUT2D eigenvalue weighted by Gasteiger charge is 2.03. The van der Waals surface area contributed by atoms with Crippen LogP contribution in [0.2, 0.25) is 0 Å². The van der Waals surface area contributed by atoms with Gasteiger partial charge >= 0.3 is 0 Å². The fourth-order valence-electron chi connectivity index (χ4n) is 2.28. The van der Waals surface area contributed by atoms with Gasteiger partial charge in [-0.2, -0.15) is 0 Å². The van der Waals surface area contributed by atoms with E-state index < -0.39 is 0 Å². The standard InChI is InChI=1S/C20H17NO2/c1-16(14-19-8-5-13-23-19)9-10-20(22)17-6-4-7-18(15-17)21-11-2-3-12-21/h2-15H,1H3/b10-9+,16-14+. The Labute approximate surface area is 135 Å². The van der Waals surface area contributed by atoms with Crippen LogP contribution in [0, 0.1) is 0 Å². The molecular formula is C20H17NO2. The lowest BCUT2D eigenvalue weighted by molar-refractivity contribution is 0.104. The van der Waals surface area contributed by atoms with Gasteiger partial charge in [0.1, 0.15) is 5.76 Å². The minimum Gasteiger partial charge on any atom is -0.465 e. The topological polar surface area (TPSA) is 35.1 Å². The number of carbonyl (C=O) groups excluding carboxylic acids is 1. The SMILES string of the molecule is CC(/C=C/C(=O)c1cccc(-n2cccc2)c1)=C\c1ccco1. The zero-order valence-corrected chi connectivity index (χ0v) is 12.8. The summed E-state index contributed by atoms with van der Waals surface area (Å²) in [6, 6.07) is 15.2. The molecule has 0 aliphatic carbocycles. The zero-order valence-electron chi connectivity index (χ0n) is 12.8. The van der Waals surface area contributed by atoms with Crippen LogP contribution in [0.3, 0.4) is 0 Å². The summed E-state index contributed by atoms with van der Waals surface area (Å²) >= 11 is 0. The number of carbonyl (C=O) groups is 1. The van der Waals surface area contributed by atoms with Crippen molar-refractivity contribution in [3.8, 4) is 5.69 Å². The molecule has 2 aromatic heterocycles. The van der Waals surface area contributed by atoms with Crippen LogP contribution in [0.5, 0.6) is 0 Å². The molecule has 3 rings (SSSR count). The predicted octanol–water partition coefficient (Wildman–Crippen LogP) is 4.91. The number of rotatable bonds is 5. The van der Waals surface area contributed by atoms with Crippen LogP contribution in [-0.4, -0.2) is 10.4 Å². The van der Waals surface area contributed by atoms with Crippen LogP contribution in [0.1, 0.15) is 23.0 Å². The molecular weight excluding hydrogens is 286 g/mol. The van der Waals surface area contributed by atoms with Gasteiger partial charge in [-0.15, -0.1) is 0 Å². The van der Waals surface area contributed by atoms with Crippen LogP contribution in [0.15, 0.2) is 89.3 Å². The normalized spacial score (nSPS) is 12.0. The number of hydrogen-bond acceptors (Lipinski definition) is 2. The van der Waals surface area contributed by atoms with E-state index in [1.165, 1.54) is 0 Å². The van der Waals surface area contributed by atoms with Gasteiger partial charge in [0.05, 0.1) is 6.26 Å². The van der Waals surface area contributed by atoms with Crippen molar-refractivity contribution in [1.82, 2.24) is 4.57 Å². The van der Waals surface area contributed by atoms with Gasteiger partial charge in [-0.3, -0.25) is 4.79 Å². The van der Waals surface area contributed by atoms with E-state index in [9.17, 15) is 4.79 Å². The van der Waals surface area contributed by atoms with Crippen molar-refractivity contribution in [2.75, 3.05) is 0 Å². The van der Waals surface area contributed by atoms with E-state index in [1.54, 1.807) is 18.4 Å².